The quantitative estimate of drug-likeness (QED) is 0.651. The van der Waals surface area contributed by atoms with E-state index in [0.29, 0.717) is 30.6 Å². The van der Waals surface area contributed by atoms with Crippen molar-refractivity contribution in [2.75, 3.05) is 6.73 Å². The lowest BCUT2D eigenvalue weighted by atomic mass is 10.0. The summed E-state index contributed by atoms with van der Waals surface area (Å²) in [7, 11) is 0. The molecule has 4 nitrogen and oxygen atoms in total. The van der Waals surface area contributed by atoms with E-state index in [1.165, 1.54) is 43.9 Å². The third-order valence-electron chi connectivity index (χ3n) is 5.76. The number of ketones is 1. The molecule has 0 atom stereocenters. The second-order valence-electron chi connectivity index (χ2n) is 7.45. The molecule has 28 heavy (non-hydrogen) atoms. The number of ether oxygens (including phenoxy) is 2. The highest BCUT2D eigenvalue weighted by atomic mass is 35.5. The van der Waals surface area contributed by atoms with Crippen LogP contribution in [0.15, 0.2) is 36.1 Å². The van der Waals surface area contributed by atoms with E-state index < -0.39 is 5.82 Å². The molecule has 1 saturated carbocycles. The Morgan fingerprint density at radius 1 is 1.18 bits per heavy atom. The van der Waals surface area contributed by atoms with E-state index in [1.807, 2.05) is 6.07 Å². The Bertz CT molecular complexity index is 977. The number of allylic oxidation sites excluding steroid dienone is 1. The predicted octanol–water partition coefficient (Wildman–Crippen LogP) is 5.19. The molecule has 0 N–H and O–H groups in total. The van der Waals surface area contributed by atoms with Crippen molar-refractivity contribution < 1.29 is 18.7 Å². The van der Waals surface area contributed by atoms with Crippen LogP contribution in [0.5, 0.6) is 11.5 Å². The van der Waals surface area contributed by atoms with Gasteiger partial charge < -0.3 is 9.47 Å². The van der Waals surface area contributed by atoms with Crippen molar-refractivity contribution in [2.24, 2.45) is 0 Å². The van der Waals surface area contributed by atoms with E-state index in [0.717, 1.165) is 11.3 Å². The Kier molecular flexibility index (Phi) is 4.37. The highest BCUT2D eigenvalue weighted by Gasteiger charge is 2.35. The van der Waals surface area contributed by atoms with Crippen LogP contribution in [0.4, 0.5) is 4.39 Å². The summed E-state index contributed by atoms with van der Waals surface area (Å²) in [5.41, 5.74) is 1.51. The zero-order valence-corrected chi connectivity index (χ0v) is 16.0. The minimum atomic E-state index is -0.495. The average Bonchev–Trinajstić information content (AvgIpc) is 3.33. The van der Waals surface area contributed by atoms with E-state index in [4.69, 9.17) is 21.1 Å². The summed E-state index contributed by atoms with van der Waals surface area (Å²) in [4.78, 5) is 15.1. The Hall–Kier alpha value is -2.37. The number of carbonyl (C=O) groups excluding carboxylic acids is 1. The number of nitrogens with zero attached hydrogens (tertiary/aromatic N) is 1. The second-order valence-corrected chi connectivity index (χ2v) is 7.86. The van der Waals surface area contributed by atoms with Gasteiger partial charge in [-0.1, -0.05) is 30.5 Å². The molecule has 0 bridgehead atoms. The zero-order valence-electron chi connectivity index (χ0n) is 15.2. The highest BCUT2D eigenvalue weighted by molar-refractivity contribution is 6.32. The molecule has 6 heteroatoms. The first-order chi connectivity index (χ1) is 13.6. The van der Waals surface area contributed by atoms with Crippen molar-refractivity contribution in [3.8, 4) is 11.5 Å². The first kappa shape index (κ1) is 17.7. The fourth-order valence-electron chi connectivity index (χ4n) is 4.26. The molecule has 0 amide bonds. The minimum absolute atomic E-state index is 0.0772. The van der Waals surface area contributed by atoms with Gasteiger partial charge in [-0.2, -0.15) is 0 Å². The van der Waals surface area contributed by atoms with Gasteiger partial charge in [-0.25, -0.2) is 4.39 Å². The number of fused-ring (bicyclic) bond motifs is 3. The van der Waals surface area contributed by atoms with Crippen LogP contribution in [-0.4, -0.2) is 23.5 Å². The Balaban J connectivity index is 1.50. The lowest BCUT2D eigenvalue weighted by Crippen LogP contribution is -2.39. The van der Waals surface area contributed by atoms with Gasteiger partial charge in [-0.3, -0.25) is 9.69 Å². The molecular weight excluding hydrogens is 381 g/mol. The van der Waals surface area contributed by atoms with Gasteiger partial charge in [0.05, 0.1) is 16.1 Å². The van der Waals surface area contributed by atoms with Gasteiger partial charge in [-0.05, 0) is 43.2 Å². The lowest BCUT2D eigenvalue weighted by Gasteiger charge is -2.33. The van der Waals surface area contributed by atoms with Crippen molar-refractivity contribution in [2.45, 2.75) is 38.3 Å². The van der Waals surface area contributed by atoms with Gasteiger partial charge in [0.2, 0.25) is 5.78 Å². The average molecular weight is 400 g/mol. The zero-order chi connectivity index (χ0) is 19.3. The van der Waals surface area contributed by atoms with E-state index in [1.54, 1.807) is 12.1 Å². The fourth-order valence-corrected chi connectivity index (χ4v) is 4.48. The smallest absolute Gasteiger partial charge is 0.231 e. The fraction of sp³-hybridized carbons (Fsp3) is 0.318. The van der Waals surface area contributed by atoms with Crippen LogP contribution in [0.25, 0.3) is 6.08 Å². The lowest BCUT2D eigenvalue weighted by molar-refractivity contribution is 0.0567. The molecule has 144 valence electrons. The third kappa shape index (κ3) is 2.90. The Morgan fingerprint density at radius 3 is 2.79 bits per heavy atom. The van der Waals surface area contributed by atoms with Crippen molar-refractivity contribution in [3.63, 3.8) is 0 Å². The number of hydrogen-bond donors (Lipinski definition) is 0. The molecule has 2 aromatic rings. The SMILES string of the molecule is O=C1/C(=C/c2c(F)cccc2Cl)Oc2c1ccc1c2CN(C2CCCC2)CO1. The van der Waals surface area contributed by atoms with E-state index in [9.17, 15) is 9.18 Å². The van der Waals surface area contributed by atoms with Crippen molar-refractivity contribution >= 4 is 23.5 Å². The summed E-state index contributed by atoms with van der Waals surface area (Å²) < 4.78 is 26.0. The van der Waals surface area contributed by atoms with Crippen LogP contribution in [0, 0.1) is 5.82 Å². The second kappa shape index (κ2) is 6.90. The molecule has 1 fully saturated rings. The van der Waals surface area contributed by atoms with Crippen molar-refractivity contribution in [1.82, 2.24) is 4.90 Å². The number of benzene rings is 2. The molecule has 2 aromatic carbocycles. The number of hydrogen-bond acceptors (Lipinski definition) is 4. The maximum absolute atomic E-state index is 14.1. The van der Waals surface area contributed by atoms with Crippen LogP contribution < -0.4 is 9.47 Å². The van der Waals surface area contributed by atoms with E-state index in [-0.39, 0.29) is 22.1 Å². The van der Waals surface area contributed by atoms with E-state index >= 15 is 0 Å². The standard InChI is InChI=1S/C22H19ClFNO3/c23-17-6-3-7-18(24)15(17)10-20-21(26)14-8-9-19-16(22(14)28-20)11-25(12-27-19)13-4-1-2-5-13/h3,6-10,13H,1-2,4-5,11-12H2/b20-10-. The summed E-state index contributed by atoms with van der Waals surface area (Å²) in [6.45, 7) is 1.24. The normalized spacial score (nSPS) is 20.8. The summed E-state index contributed by atoms with van der Waals surface area (Å²) >= 11 is 6.10. The minimum Gasteiger partial charge on any atom is -0.478 e. The number of halogens is 2. The number of Topliss-reactive ketones (excluding diaryl/α,β-unsaturated/α-hetero) is 1. The molecule has 0 unspecified atom stereocenters. The van der Waals surface area contributed by atoms with Crippen LogP contribution >= 0.6 is 11.6 Å². The molecule has 0 saturated heterocycles. The third-order valence-corrected chi connectivity index (χ3v) is 6.09. The molecule has 2 aliphatic heterocycles. The molecule has 2 heterocycles. The van der Waals surface area contributed by atoms with E-state index in [2.05, 4.69) is 4.90 Å². The molecule has 0 spiro atoms. The van der Waals surface area contributed by atoms with Crippen LogP contribution in [0.1, 0.15) is 47.2 Å². The molecule has 3 aliphatic rings. The predicted molar refractivity (Wildman–Crippen MR) is 104 cm³/mol. The molecule has 0 aromatic heterocycles. The van der Waals surface area contributed by atoms with Crippen LogP contribution in [0.3, 0.4) is 0 Å². The molecule has 5 rings (SSSR count). The van der Waals surface area contributed by atoms with Gasteiger partial charge in [0.15, 0.2) is 5.76 Å². The first-order valence-electron chi connectivity index (χ1n) is 9.53. The summed E-state index contributed by atoms with van der Waals surface area (Å²) in [5.74, 6) is 0.573. The largest absolute Gasteiger partial charge is 0.478 e. The number of carbonyl (C=O) groups is 1. The van der Waals surface area contributed by atoms with Gasteiger partial charge >= 0.3 is 0 Å². The summed E-state index contributed by atoms with van der Waals surface area (Å²) in [5, 5.41) is 0.234. The van der Waals surface area contributed by atoms with Gasteiger partial charge in [0.1, 0.15) is 24.0 Å². The summed E-state index contributed by atoms with van der Waals surface area (Å²) in [6, 6.07) is 8.45. The topological polar surface area (TPSA) is 38.8 Å². The molecule has 1 aliphatic carbocycles. The Labute approximate surface area is 167 Å². The highest BCUT2D eigenvalue weighted by Crippen LogP contribution is 2.43. The maximum Gasteiger partial charge on any atom is 0.231 e. The van der Waals surface area contributed by atoms with Crippen LogP contribution in [-0.2, 0) is 6.54 Å². The number of rotatable bonds is 2. The monoisotopic (exact) mass is 399 g/mol. The van der Waals surface area contributed by atoms with Crippen molar-refractivity contribution in [1.29, 1.82) is 0 Å². The van der Waals surface area contributed by atoms with Gasteiger partial charge in [0.25, 0.3) is 0 Å². The first-order valence-corrected chi connectivity index (χ1v) is 9.90. The summed E-state index contributed by atoms with van der Waals surface area (Å²) in [6.07, 6.45) is 6.21. The van der Waals surface area contributed by atoms with Gasteiger partial charge in [-0.15, -0.1) is 0 Å². The Morgan fingerprint density at radius 2 is 2.00 bits per heavy atom. The van der Waals surface area contributed by atoms with Gasteiger partial charge in [0, 0.05) is 18.2 Å². The van der Waals surface area contributed by atoms with Crippen LogP contribution in [0.2, 0.25) is 5.02 Å². The van der Waals surface area contributed by atoms with Crippen molar-refractivity contribution in [3.05, 3.63) is 63.6 Å². The maximum atomic E-state index is 14.1. The molecular formula is C22H19ClFNO3. The molecule has 0 radical (unpaired) electrons.